The quantitative estimate of drug-likeness (QED) is 0.728. The molecule has 0 aliphatic heterocycles. The van der Waals surface area contributed by atoms with E-state index in [0.29, 0.717) is 17.2 Å². The van der Waals surface area contributed by atoms with E-state index in [-0.39, 0.29) is 17.9 Å². The van der Waals surface area contributed by atoms with Gasteiger partial charge in [0, 0.05) is 17.3 Å². The van der Waals surface area contributed by atoms with Gasteiger partial charge in [-0.15, -0.1) is 0 Å². The number of anilines is 1. The summed E-state index contributed by atoms with van der Waals surface area (Å²) in [4.78, 5) is 23.6. The Kier molecular flexibility index (Phi) is 3.12. The number of benzene rings is 1. The second kappa shape index (κ2) is 4.81. The monoisotopic (exact) mass is 274 g/mol. The number of fused-ring (bicyclic) bond motifs is 2. The minimum Gasteiger partial charge on any atom is -0.481 e. The second-order valence-corrected chi connectivity index (χ2v) is 5.82. The van der Waals surface area contributed by atoms with Crippen molar-refractivity contribution < 1.29 is 14.7 Å². The summed E-state index contributed by atoms with van der Waals surface area (Å²) < 4.78 is 0. The summed E-state index contributed by atoms with van der Waals surface area (Å²) in [5.41, 5.74) is 6.68. The molecule has 2 bridgehead atoms. The highest BCUT2D eigenvalue weighted by atomic mass is 16.4. The van der Waals surface area contributed by atoms with Crippen molar-refractivity contribution in [3.8, 4) is 0 Å². The number of nitrogens with two attached hydrogens (primary N) is 1. The van der Waals surface area contributed by atoms with Crippen LogP contribution < -0.4 is 11.1 Å². The Morgan fingerprint density at radius 3 is 2.70 bits per heavy atom. The van der Waals surface area contributed by atoms with E-state index in [4.69, 9.17) is 5.73 Å². The van der Waals surface area contributed by atoms with E-state index in [0.717, 1.165) is 19.3 Å². The molecule has 1 aromatic carbocycles. The van der Waals surface area contributed by atoms with Gasteiger partial charge >= 0.3 is 5.97 Å². The normalized spacial score (nSPS) is 31.2. The summed E-state index contributed by atoms with van der Waals surface area (Å²) in [5.74, 6) is -0.968. The first-order chi connectivity index (χ1) is 9.56. The zero-order chi connectivity index (χ0) is 14.3. The van der Waals surface area contributed by atoms with Crippen molar-refractivity contribution >= 4 is 17.6 Å². The summed E-state index contributed by atoms with van der Waals surface area (Å²) in [6.07, 6.45) is 2.89. The van der Waals surface area contributed by atoms with Crippen LogP contribution in [0, 0.1) is 17.8 Å². The Balaban J connectivity index is 1.77. The molecule has 2 aliphatic rings. The fraction of sp³-hybridized carbons (Fsp3) is 0.467. The number of hydrogen-bond donors (Lipinski definition) is 3. The number of aliphatic carboxylic acids is 1. The van der Waals surface area contributed by atoms with Crippen molar-refractivity contribution in [1.82, 2.24) is 5.32 Å². The van der Waals surface area contributed by atoms with Crippen LogP contribution in [0.2, 0.25) is 0 Å². The van der Waals surface area contributed by atoms with E-state index in [2.05, 4.69) is 5.32 Å². The average Bonchev–Trinajstić information content (AvgIpc) is 2.99. The summed E-state index contributed by atoms with van der Waals surface area (Å²) in [6, 6.07) is 6.49. The lowest BCUT2D eigenvalue weighted by Gasteiger charge is -2.28. The van der Waals surface area contributed by atoms with E-state index in [1.807, 2.05) is 0 Å². The molecule has 2 saturated carbocycles. The third kappa shape index (κ3) is 2.13. The third-order valence-electron chi connectivity index (χ3n) is 4.65. The Hall–Kier alpha value is -2.04. The van der Waals surface area contributed by atoms with Gasteiger partial charge in [-0.25, -0.2) is 0 Å². The van der Waals surface area contributed by atoms with Gasteiger partial charge in [-0.05, 0) is 49.3 Å². The number of carbonyl (C=O) groups excluding carboxylic acids is 1. The smallest absolute Gasteiger partial charge is 0.308 e. The van der Waals surface area contributed by atoms with Crippen LogP contribution in [-0.2, 0) is 4.79 Å². The minimum absolute atomic E-state index is 0.212. The number of carboxylic acid groups (broad SMARTS) is 1. The van der Waals surface area contributed by atoms with Crippen LogP contribution in [0.4, 0.5) is 5.69 Å². The SMILES string of the molecule is Nc1cccc(C(=O)NC2C3CCC(C3)C2C(=O)O)c1. The Morgan fingerprint density at radius 2 is 2.00 bits per heavy atom. The zero-order valence-corrected chi connectivity index (χ0v) is 11.1. The highest BCUT2D eigenvalue weighted by Crippen LogP contribution is 2.48. The second-order valence-electron chi connectivity index (χ2n) is 5.82. The van der Waals surface area contributed by atoms with Crippen LogP contribution in [0.15, 0.2) is 24.3 Å². The maximum Gasteiger partial charge on any atom is 0.308 e. The van der Waals surface area contributed by atoms with Gasteiger partial charge in [-0.3, -0.25) is 9.59 Å². The molecule has 0 heterocycles. The molecule has 3 rings (SSSR count). The predicted molar refractivity (Wildman–Crippen MR) is 74.1 cm³/mol. The molecule has 20 heavy (non-hydrogen) atoms. The first kappa shape index (κ1) is 13.0. The molecule has 5 heteroatoms. The molecule has 0 spiro atoms. The fourth-order valence-corrected chi connectivity index (χ4v) is 3.77. The van der Waals surface area contributed by atoms with Crippen molar-refractivity contribution in [1.29, 1.82) is 0 Å². The number of rotatable bonds is 3. The van der Waals surface area contributed by atoms with E-state index < -0.39 is 11.9 Å². The van der Waals surface area contributed by atoms with E-state index >= 15 is 0 Å². The minimum atomic E-state index is -0.796. The standard InChI is InChI=1S/C15H18N2O3/c16-11-3-1-2-10(7-11)14(18)17-13-9-5-4-8(6-9)12(13)15(19)20/h1-3,7-9,12-13H,4-6,16H2,(H,17,18)(H,19,20). The van der Waals surface area contributed by atoms with Gasteiger partial charge in [-0.2, -0.15) is 0 Å². The number of nitrogens with one attached hydrogen (secondary N) is 1. The molecule has 4 N–H and O–H groups in total. The van der Waals surface area contributed by atoms with E-state index in [9.17, 15) is 14.7 Å². The molecule has 0 saturated heterocycles. The van der Waals surface area contributed by atoms with Gasteiger partial charge < -0.3 is 16.2 Å². The molecule has 2 fully saturated rings. The van der Waals surface area contributed by atoms with Crippen molar-refractivity contribution in [2.45, 2.75) is 25.3 Å². The molecule has 106 valence electrons. The zero-order valence-electron chi connectivity index (χ0n) is 11.1. The van der Waals surface area contributed by atoms with Gasteiger partial charge in [0.15, 0.2) is 0 Å². The first-order valence-electron chi connectivity index (χ1n) is 6.95. The van der Waals surface area contributed by atoms with Crippen molar-refractivity contribution in [3.05, 3.63) is 29.8 Å². The molecular weight excluding hydrogens is 256 g/mol. The first-order valence-corrected chi connectivity index (χ1v) is 6.95. The fourth-order valence-electron chi connectivity index (χ4n) is 3.77. The Bertz CT molecular complexity index is 558. The maximum absolute atomic E-state index is 12.2. The van der Waals surface area contributed by atoms with Crippen molar-refractivity contribution in [2.75, 3.05) is 5.73 Å². The van der Waals surface area contributed by atoms with Gasteiger partial charge in [0.1, 0.15) is 0 Å². The lowest BCUT2D eigenvalue weighted by atomic mass is 9.84. The molecular formula is C15H18N2O3. The number of amides is 1. The van der Waals surface area contributed by atoms with Crippen LogP contribution in [0.3, 0.4) is 0 Å². The molecule has 4 atom stereocenters. The molecule has 0 aromatic heterocycles. The van der Waals surface area contributed by atoms with E-state index in [1.165, 1.54) is 0 Å². The molecule has 1 amide bonds. The molecule has 0 radical (unpaired) electrons. The van der Waals surface area contributed by atoms with Gasteiger partial charge in [0.05, 0.1) is 5.92 Å². The molecule has 1 aromatic rings. The van der Waals surface area contributed by atoms with Gasteiger partial charge in [0.25, 0.3) is 5.91 Å². The van der Waals surface area contributed by atoms with Gasteiger partial charge in [-0.1, -0.05) is 6.07 Å². The third-order valence-corrected chi connectivity index (χ3v) is 4.65. The largest absolute Gasteiger partial charge is 0.481 e. The number of hydrogen-bond acceptors (Lipinski definition) is 3. The van der Waals surface area contributed by atoms with E-state index in [1.54, 1.807) is 24.3 Å². The molecule has 2 aliphatic carbocycles. The van der Waals surface area contributed by atoms with Crippen LogP contribution >= 0.6 is 0 Å². The van der Waals surface area contributed by atoms with Gasteiger partial charge in [0.2, 0.25) is 0 Å². The highest BCUT2D eigenvalue weighted by molar-refractivity contribution is 5.95. The van der Waals surface area contributed by atoms with Crippen molar-refractivity contribution in [3.63, 3.8) is 0 Å². The number of carboxylic acids is 1. The predicted octanol–water partition coefficient (Wildman–Crippen LogP) is 1.50. The summed E-state index contributed by atoms with van der Waals surface area (Å²) >= 11 is 0. The lowest BCUT2D eigenvalue weighted by molar-refractivity contribution is -0.144. The van der Waals surface area contributed by atoms with Crippen LogP contribution in [0.1, 0.15) is 29.6 Å². The van der Waals surface area contributed by atoms with Crippen LogP contribution in [-0.4, -0.2) is 23.0 Å². The topological polar surface area (TPSA) is 92.4 Å². The Labute approximate surface area is 117 Å². The van der Waals surface area contributed by atoms with Crippen molar-refractivity contribution in [2.24, 2.45) is 17.8 Å². The summed E-state index contributed by atoms with van der Waals surface area (Å²) in [6.45, 7) is 0. The molecule has 4 unspecified atom stereocenters. The number of nitrogen functional groups attached to an aromatic ring is 1. The van der Waals surface area contributed by atoms with Crippen LogP contribution in [0.5, 0.6) is 0 Å². The average molecular weight is 274 g/mol. The summed E-state index contributed by atoms with van der Waals surface area (Å²) in [5, 5.41) is 12.3. The number of carbonyl (C=O) groups is 2. The highest BCUT2D eigenvalue weighted by Gasteiger charge is 2.51. The Morgan fingerprint density at radius 1 is 1.25 bits per heavy atom. The lowest BCUT2D eigenvalue weighted by Crippen LogP contribution is -2.46. The molecule has 5 nitrogen and oxygen atoms in total. The van der Waals surface area contributed by atoms with Crippen LogP contribution in [0.25, 0.3) is 0 Å². The maximum atomic E-state index is 12.2. The summed E-state index contributed by atoms with van der Waals surface area (Å²) in [7, 11) is 0.